The molecule has 0 aliphatic heterocycles. The van der Waals surface area contributed by atoms with Crippen LogP contribution < -0.4 is 0 Å². The zero-order valence-corrected chi connectivity index (χ0v) is 17.5. The first-order chi connectivity index (χ1) is 14.8. The molecule has 0 amide bonds. The van der Waals surface area contributed by atoms with E-state index in [9.17, 15) is 0 Å². The number of aryl methyl sites for hydroxylation is 2. The van der Waals surface area contributed by atoms with Gasteiger partial charge in [-0.15, -0.1) is 0 Å². The Morgan fingerprint density at radius 1 is 0.733 bits per heavy atom. The number of nitrogens with zero attached hydrogens (tertiary/aromatic N) is 4. The summed E-state index contributed by atoms with van der Waals surface area (Å²) in [5.74, 6) is 0. The van der Waals surface area contributed by atoms with Gasteiger partial charge < -0.3 is 0 Å². The largest absolute Gasteiger partial charge is 0.299 e. The molecule has 0 saturated carbocycles. The van der Waals surface area contributed by atoms with E-state index < -0.39 is 0 Å². The minimum atomic E-state index is 1.05. The van der Waals surface area contributed by atoms with E-state index in [2.05, 4.69) is 89.2 Å². The molecule has 0 aliphatic carbocycles. The predicted octanol–water partition coefficient (Wildman–Crippen LogP) is 6.27. The molecule has 4 nitrogen and oxygen atoms in total. The van der Waals surface area contributed by atoms with Crippen molar-refractivity contribution in [1.29, 1.82) is 0 Å². The second-order valence-electron chi connectivity index (χ2n) is 7.90. The molecule has 5 rings (SSSR count). The summed E-state index contributed by atoms with van der Waals surface area (Å²) < 4.78 is 4.16. The fraction of sp³-hybridized carbons (Fsp3) is 0.231. The zero-order valence-electron chi connectivity index (χ0n) is 17.5. The molecule has 30 heavy (non-hydrogen) atoms. The third-order valence-corrected chi connectivity index (χ3v) is 5.69. The third kappa shape index (κ3) is 3.28. The van der Waals surface area contributed by atoms with E-state index in [0.717, 1.165) is 53.6 Å². The van der Waals surface area contributed by atoms with Crippen molar-refractivity contribution in [2.24, 2.45) is 0 Å². The number of benzene rings is 3. The van der Waals surface area contributed by atoms with Crippen LogP contribution in [0, 0.1) is 0 Å². The van der Waals surface area contributed by atoms with Gasteiger partial charge in [0.15, 0.2) is 0 Å². The second kappa shape index (κ2) is 7.79. The van der Waals surface area contributed by atoms with Gasteiger partial charge in [-0.3, -0.25) is 4.57 Å². The summed E-state index contributed by atoms with van der Waals surface area (Å²) in [5, 5.41) is 5.82. The van der Waals surface area contributed by atoms with Crippen molar-refractivity contribution in [3.8, 4) is 11.4 Å². The zero-order chi connectivity index (χ0) is 20.5. The van der Waals surface area contributed by atoms with E-state index in [1.807, 2.05) is 17.2 Å². The Hall–Kier alpha value is -3.40. The van der Waals surface area contributed by atoms with Crippen LogP contribution in [0.4, 0.5) is 0 Å². The van der Waals surface area contributed by atoms with Crippen molar-refractivity contribution in [3.05, 3.63) is 84.3 Å². The van der Waals surface area contributed by atoms with Gasteiger partial charge in [0, 0.05) is 11.1 Å². The summed E-state index contributed by atoms with van der Waals surface area (Å²) in [7, 11) is 0. The van der Waals surface area contributed by atoms with Crippen LogP contribution in [-0.4, -0.2) is 19.3 Å². The Morgan fingerprint density at radius 2 is 1.40 bits per heavy atom. The van der Waals surface area contributed by atoms with Crippen molar-refractivity contribution < 1.29 is 0 Å². The monoisotopic (exact) mass is 394 g/mol. The normalized spacial score (nSPS) is 11.5. The number of hydrogen-bond donors (Lipinski definition) is 0. The van der Waals surface area contributed by atoms with Gasteiger partial charge in [-0.05, 0) is 72.5 Å². The number of aromatic nitrogens is 4. The van der Waals surface area contributed by atoms with Crippen molar-refractivity contribution in [2.75, 3.05) is 0 Å². The van der Waals surface area contributed by atoms with Gasteiger partial charge >= 0.3 is 0 Å². The molecule has 0 fully saturated rings. The number of imidazole rings is 1. The highest BCUT2D eigenvalue weighted by molar-refractivity contribution is 5.81. The molecule has 2 heterocycles. The summed E-state index contributed by atoms with van der Waals surface area (Å²) in [6.45, 7) is 4.42. The molecule has 0 aliphatic rings. The molecule has 0 saturated heterocycles. The lowest BCUT2D eigenvalue weighted by molar-refractivity contribution is 0.907. The van der Waals surface area contributed by atoms with E-state index in [1.165, 1.54) is 16.5 Å². The maximum absolute atomic E-state index is 4.63. The molecule has 0 spiro atoms. The fourth-order valence-corrected chi connectivity index (χ4v) is 4.19. The smallest absolute Gasteiger partial charge is 0.100 e. The van der Waals surface area contributed by atoms with E-state index in [0.29, 0.717) is 0 Å². The Kier molecular flexibility index (Phi) is 4.83. The Morgan fingerprint density at radius 3 is 2.13 bits per heavy atom. The van der Waals surface area contributed by atoms with E-state index in [-0.39, 0.29) is 0 Å². The fourth-order valence-electron chi connectivity index (χ4n) is 4.19. The van der Waals surface area contributed by atoms with Crippen LogP contribution >= 0.6 is 0 Å². The minimum Gasteiger partial charge on any atom is -0.299 e. The average Bonchev–Trinajstić information content (AvgIpc) is 3.38. The summed E-state index contributed by atoms with van der Waals surface area (Å²) in [6.07, 6.45) is 8.37. The molecule has 0 radical (unpaired) electrons. The van der Waals surface area contributed by atoms with Crippen LogP contribution in [0.5, 0.6) is 0 Å². The van der Waals surface area contributed by atoms with Crippen LogP contribution in [0.1, 0.15) is 37.8 Å². The van der Waals surface area contributed by atoms with Crippen molar-refractivity contribution >= 4 is 21.9 Å². The molecule has 0 bridgehead atoms. The highest BCUT2D eigenvalue weighted by atomic mass is 15.3. The van der Waals surface area contributed by atoms with Crippen LogP contribution in [0.3, 0.4) is 0 Å². The lowest BCUT2D eigenvalue weighted by Gasteiger charge is -2.08. The standard InChI is InChI=1S/C26H26N4/c1-3-5-19-7-13-25-21(15-19)17-28-30(25)23-11-9-22(10-12-23)29-18-27-24-16-20(6-4-2)8-14-26(24)29/h7-18H,3-6H2,1-2H3. The summed E-state index contributed by atoms with van der Waals surface area (Å²) in [5.41, 5.74) is 8.20. The summed E-state index contributed by atoms with van der Waals surface area (Å²) in [4.78, 5) is 4.62. The number of fused-ring (bicyclic) bond motifs is 2. The van der Waals surface area contributed by atoms with Crippen molar-refractivity contribution in [3.63, 3.8) is 0 Å². The first kappa shape index (κ1) is 18.6. The SMILES string of the molecule is CCCc1ccc2c(cnn2-c2ccc(-n3cnc4cc(CCC)ccc43)cc2)c1. The molecule has 0 unspecified atom stereocenters. The Balaban J connectivity index is 1.47. The van der Waals surface area contributed by atoms with Gasteiger partial charge in [0.1, 0.15) is 6.33 Å². The highest BCUT2D eigenvalue weighted by Crippen LogP contribution is 2.24. The first-order valence-electron chi connectivity index (χ1n) is 10.8. The molecular weight excluding hydrogens is 368 g/mol. The molecule has 2 aromatic heterocycles. The van der Waals surface area contributed by atoms with Gasteiger partial charge in [-0.2, -0.15) is 5.10 Å². The molecule has 0 N–H and O–H groups in total. The lowest BCUT2D eigenvalue weighted by Crippen LogP contribution is -1.98. The predicted molar refractivity (Wildman–Crippen MR) is 124 cm³/mol. The highest BCUT2D eigenvalue weighted by Gasteiger charge is 2.08. The maximum Gasteiger partial charge on any atom is 0.100 e. The Bertz CT molecular complexity index is 1210. The minimum absolute atomic E-state index is 1.05. The molecule has 0 atom stereocenters. The van der Waals surface area contributed by atoms with Crippen LogP contribution in [0.25, 0.3) is 33.3 Å². The van der Waals surface area contributed by atoms with Crippen LogP contribution in [-0.2, 0) is 12.8 Å². The third-order valence-electron chi connectivity index (χ3n) is 5.69. The summed E-state index contributed by atoms with van der Waals surface area (Å²) in [6, 6.07) is 21.7. The molecule has 4 heteroatoms. The quantitative estimate of drug-likeness (QED) is 0.340. The van der Waals surface area contributed by atoms with Crippen molar-refractivity contribution in [2.45, 2.75) is 39.5 Å². The van der Waals surface area contributed by atoms with Gasteiger partial charge in [-0.1, -0.05) is 38.8 Å². The number of rotatable bonds is 6. The van der Waals surface area contributed by atoms with E-state index in [1.54, 1.807) is 0 Å². The first-order valence-corrected chi connectivity index (χ1v) is 10.8. The van der Waals surface area contributed by atoms with Crippen LogP contribution in [0.15, 0.2) is 73.2 Å². The second-order valence-corrected chi connectivity index (χ2v) is 7.90. The molecular formula is C26H26N4. The van der Waals surface area contributed by atoms with Gasteiger partial charge in [-0.25, -0.2) is 9.67 Å². The molecule has 150 valence electrons. The topological polar surface area (TPSA) is 35.6 Å². The van der Waals surface area contributed by atoms with E-state index in [4.69, 9.17) is 0 Å². The van der Waals surface area contributed by atoms with Crippen molar-refractivity contribution in [1.82, 2.24) is 19.3 Å². The van der Waals surface area contributed by atoms with Crippen LogP contribution in [0.2, 0.25) is 0 Å². The van der Waals surface area contributed by atoms with E-state index >= 15 is 0 Å². The number of hydrogen-bond acceptors (Lipinski definition) is 2. The molecule has 3 aromatic carbocycles. The Labute approximate surface area is 176 Å². The van der Waals surface area contributed by atoms with Gasteiger partial charge in [0.05, 0.1) is 28.4 Å². The van der Waals surface area contributed by atoms with Gasteiger partial charge in [0.2, 0.25) is 0 Å². The summed E-state index contributed by atoms with van der Waals surface area (Å²) >= 11 is 0. The average molecular weight is 395 g/mol. The lowest BCUT2D eigenvalue weighted by atomic mass is 10.1. The maximum atomic E-state index is 4.63. The molecule has 5 aromatic rings. The van der Waals surface area contributed by atoms with Gasteiger partial charge in [0.25, 0.3) is 0 Å².